The lowest BCUT2D eigenvalue weighted by molar-refractivity contribution is 0.0946. The van der Waals surface area contributed by atoms with E-state index in [1.165, 1.54) is 6.07 Å². The van der Waals surface area contributed by atoms with Gasteiger partial charge in [0.1, 0.15) is 11.3 Å². The van der Waals surface area contributed by atoms with Gasteiger partial charge in [0.25, 0.3) is 11.5 Å². The molecule has 124 valence electrons. The fraction of sp³-hybridized carbons (Fsp3) is 0.176. The average Bonchev–Trinajstić information content (AvgIpc) is 2.99. The van der Waals surface area contributed by atoms with Gasteiger partial charge in [-0.15, -0.1) is 0 Å². The number of ether oxygens (including phenoxy) is 1. The molecule has 2 aromatic rings. The summed E-state index contributed by atoms with van der Waals surface area (Å²) in [5.41, 5.74) is 0.984. The molecule has 2 N–H and O–H groups in total. The van der Waals surface area contributed by atoms with Crippen LogP contribution in [0.3, 0.4) is 0 Å². The summed E-state index contributed by atoms with van der Waals surface area (Å²) in [4.78, 5) is 27.1. The monoisotopic (exact) mass is 344 g/mol. The van der Waals surface area contributed by atoms with E-state index in [2.05, 4.69) is 10.3 Å². The molecule has 1 aliphatic rings. The minimum absolute atomic E-state index is 0.0262. The van der Waals surface area contributed by atoms with E-state index in [1.54, 1.807) is 36.8 Å². The van der Waals surface area contributed by atoms with E-state index >= 15 is 0 Å². The normalized spacial score (nSPS) is 19.2. The van der Waals surface area contributed by atoms with Crippen LogP contribution in [-0.2, 0) is 10.8 Å². The van der Waals surface area contributed by atoms with E-state index in [4.69, 9.17) is 4.74 Å². The Balaban J connectivity index is 1.79. The molecule has 7 heteroatoms. The SMILES string of the molecule is COc1ccc(-c2ccc(C(=O)NC3C=CS(=O)C3)c(=O)[nH]2)cc1. The van der Waals surface area contributed by atoms with Crippen molar-refractivity contribution in [3.8, 4) is 17.0 Å². The first-order chi connectivity index (χ1) is 11.6. The highest BCUT2D eigenvalue weighted by Gasteiger charge is 2.19. The number of carbonyl (C=O) groups excluding carboxylic acids is 1. The molecule has 1 aromatic heterocycles. The van der Waals surface area contributed by atoms with Gasteiger partial charge in [-0.1, -0.05) is 6.08 Å². The Hall–Kier alpha value is -2.67. The number of hydrogen-bond acceptors (Lipinski definition) is 4. The second kappa shape index (κ2) is 6.84. The number of hydrogen-bond donors (Lipinski definition) is 2. The minimum Gasteiger partial charge on any atom is -0.497 e. The molecule has 3 rings (SSSR count). The fourth-order valence-corrected chi connectivity index (χ4v) is 3.42. The van der Waals surface area contributed by atoms with Crippen molar-refractivity contribution in [2.24, 2.45) is 0 Å². The smallest absolute Gasteiger partial charge is 0.261 e. The van der Waals surface area contributed by atoms with Crippen LogP contribution >= 0.6 is 0 Å². The molecular formula is C17H16N2O4S. The molecule has 24 heavy (non-hydrogen) atoms. The lowest BCUT2D eigenvalue weighted by atomic mass is 10.1. The maximum absolute atomic E-state index is 12.2. The highest BCUT2D eigenvalue weighted by molar-refractivity contribution is 7.88. The van der Waals surface area contributed by atoms with Gasteiger partial charge in [0.2, 0.25) is 0 Å². The average molecular weight is 344 g/mol. The largest absolute Gasteiger partial charge is 0.497 e. The van der Waals surface area contributed by atoms with Crippen molar-refractivity contribution < 1.29 is 13.7 Å². The molecule has 1 aliphatic heterocycles. The van der Waals surface area contributed by atoms with E-state index in [1.807, 2.05) is 12.1 Å². The van der Waals surface area contributed by atoms with Crippen molar-refractivity contribution in [3.05, 3.63) is 63.8 Å². The first-order valence-corrected chi connectivity index (χ1v) is 8.69. The number of nitrogens with one attached hydrogen (secondary N) is 2. The molecule has 6 nitrogen and oxygen atoms in total. The van der Waals surface area contributed by atoms with E-state index in [0.717, 1.165) is 11.3 Å². The van der Waals surface area contributed by atoms with Gasteiger partial charge in [-0.2, -0.15) is 0 Å². The van der Waals surface area contributed by atoms with Crippen LogP contribution in [0.1, 0.15) is 10.4 Å². The molecule has 2 atom stereocenters. The van der Waals surface area contributed by atoms with Crippen LogP contribution in [0.4, 0.5) is 0 Å². The molecule has 0 fully saturated rings. The van der Waals surface area contributed by atoms with Gasteiger partial charge in [0, 0.05) is 21.9 Å². The summed E-state index contributed by atoms with van der Waals surface area (Å²) in [6.07, 6.45) is 1.67. The quantitative estimate of drug-likeness (QED) is 0.878. The standard InChI is InChI=1S/C17H16N2O4S/c1-23-13-4-2-11(3-5-13)15-7-6-14(17(21)19-15)16(20)18-12-8-9-24(22)10-12/h2-9,12H,10H2,1H3,(H,18,20)(H,19,21). The molecule has 1 amide bonds. The Labute approximate surface area is 141 Å². The summed E-state index contributed by atoms with van der Waals surface area (Å²) >= 11 is 0. The molecule has 0 radical (unpaired) electrons. The summed E-state index contributed by atoms with van der Waals surface area (Å²) in [6, 6.07) is 10.1. The minimum atomic E-state index is -1.05. The first kappa shape index (κ1) is 16.2. The molecule has 0 aliphatic carbocycles. The summed E-state index contributed by atoms with van der Waals surface area (Å²) in [6.45, 7) is 0. The maximum atomic E-state index is 12.2. The zero-order chi connectivity index (χ0) is 17.1. The summed E-state index contributed by atoms with van der Waals surface area (Å²) in [5, 5.41) is 4.23. The Morgan fingerprint density at radius 2 is 2.00 bits per heavy atom. The molecule has 0 saturated carbocycles. The lowest BCUT2D eigenvalue weighted by Crippen LogP contribution is -2.37. The predicted molar refractivity (Wildman–Crippen MR) is 92.5 cm³/mol. The van der Waals surface area contributed by atoms with Crippen LogP contribution in [0, 0.1) is 0 Å². The van der Waals surface area contributed by atoms with Crippen LogP contribution in [0.25, 0.3) is 11.3 Å². The highest BCUT2D eigenvalue weighted by atomic mass is 32.2. The van der Waals surface area contributed by atoms with Crippen molar-refractivity contribution in [1.29, 1.82) is 0 Å². The van der Waals surface area contributed by atoms with E-state index in [0.29, 0.717) is 11.4 Å². The van der Waals surface area contributed by atoms with Gasteiger partial charge in [0.15, 0.2) is 0 Å². The van der Waals surface area contributed by atoms with Gasteiger partial charge in [-0.25, -0.2) is 0 Å². The van der Waals surface area contributed by atoms with Gasteiger partial charge in [0.05, 0.1) is 18.9 Å². The van der Waals surface area contributed by atoms with Crippen molar-refractivity contribution in [1.82, 2.24) is 10.3 Å². The number of rotatable bonds is 4. The molecular weight excluding hydrogens is 328 g/mol. The molecule has 0 saturated heterocycles. The van der Waals surface area contributed by atoms with Crippen LogP contribution in [0.5, 0.6) is 5.75 Å². The number of methoxy groups -OCH3 is 1. The number of benzene rings is 1. The van der Waals surface area contributed by atoms with E-state index in [9.17, 15) is 13.8 Å². The lowest BCUT2D eigenvalue weighted by Gasteiger charge is -2.10. The van der Waals surface area contributed by atoms with Crippen LogP contribution in [0.2, 0.25) is 0 Å². The predicted octanol–water partition coefficient (Wildman–Crippen LogP) is 1.42. The molecule has 0 spiro atoms. The van der Waals surface area contributed by atoms with Gasteiger partial charge in [-0.05, 0) is 42.0 Å². The van der Waals surface area contributed by atoms with Gasteiger partial charge in [-0.3, -0.25) is 13.8 Å². The first-order valence-electron chi connectivity index (χ1n) is 7.31. The number of pyridine rings is 1. The molecule has 2 heterocycles. The summed E-state index contributed by atoms with van der Waals surface area (Å²) in [7, 11) is 0.529. The van der Waals surface area contributed by atoms with Crippen molar-refractivity contribution in [2.45, 2.75) is 6.04 Å². The third kappa shape index (κ3) is 3.46. The number of aromatic nitrogens is 1. The maximum Gasteiger partial charge on any atom is 0.261 e. The topological polar surface area (TPSA) is 88.3 Å². The zero-order valence-corrected chi connectivity index (χ0v) is 13.8. The van der Waals surface area contributed by atoms with Crippen molar-refractivity contribution >= 4 is 16.7 Å². The number of aromatic amines is 1. The van der Waals surface area contributed by atoms with Gasteiger partial charge >= 0.3 is 0 Å². The van der Waals surface area contributed by atoms with Crippen molar-refractivity contribution in [2.75, 3.05) is 12.9 Å². The molecule has 0 bridgehead atoms. The third-order valence-corrected chi connectivity index (χ3v) is 4.83. The van der Waals surface area contributed by atoms with Gasteiger partial charge < -0.3 is 15.0 Å². The summed E-state index contributed by atoms with van der Waals surface area (Å²) < 4.78 is 16.4. The Bertz CT molecular complexity index is 871. The second-order valence-corrected chi connectivity index (χ2v) is 6.67. The fourth-order valence-electron chi connectivity index (χ4n) is 2.40. The summed E-state index contributed by atoms with van der Waals surface area (Å²) in [5.74, 6) is 0.582. The Morgan fingerprint density at radius 3 is 2.58 bits per heavy atom. The Morgan fingerprint density at radius 1 is 1.25 bits per heavy atom. The highest BCUT2D eigenvalue weighted by Crippen LogP contribution is 2.19. The van der Waals surface area contributed by atoms with Crippen LogP contribution < -0.4 is 15.6 Å². The van der Waals surface area contributed by atoms with Crippen LogP contribution in [0.15, 0.2) is 52.7 Å². The van der Waals surface area contributed by atoms with Crippen molar-refractivity contribution in [3.63, 3.8) is 0 Å². The molecule has 1 aromatic carbocycles. The zero-order valence-electron chi connectivity index (χ0n) is 12.9. The Kier molecular flexibility index (Phi) is 4.61. The van der Waals surface area contributed by atoms with Crippen LogP contribution in [-0.4, -0.2) is 34.0 Å². The number of carbonyl (C=O) groups is 1. The number of amides is 1. The van der Waals surface area contributed by atoms with E-state index in [-0.39, 0.29) is 11.6 Å². The molecule has 2 unspecified atom stereocenters. The number of H-pyrrole nitrogens is 1. The van der Waals surface area contributed by atoms with E-state index < -0.39 is 22.3 Å². The third-order valence-electron chi connectivity index (χ3n) is 3.68. The second-order valence-electron chi connectivity index (χ2n) is 5.30.